The summed E-state index contributed by atoms with van der Waals surface area (Å²) in [5, 5.41) is 11.3. The summed E-state index contributed by atoms with van der Waals surface area (Å²) in [4.78, 5) is 26.9. The number of nitro benzene ring substituents is 1. The van der Waals surface area contributed by atoms with Gasteiger partial charge in [-0.15, -0.1) is 0 Å². The van der Waals surface area contributed by atoms with Gasteiger partial charge in [-0.25, -0.2) is 9.37 Å². The van der Waals surface area contributed by atoms with Crippen LogP contribution in [-0.2, 0) is 7.05 Å². The van der Waals surface area contributed by atoms with E-state index in [1.54, 1.807) is 13.2 Å². The molecule has 3 rings (SSSR count). The average molecular weight is 359 g/mol. The van der Waals surface area contributed by atoms with Gasteiger partial charge in [0.2, 0.25) is 17.3 Å². The highest BCUT2D eigenvalue weighted by molar-refractivity contribution is 6.07. The molecular formula is C17H11F2N3O4. The number of nitrogens with zero attached hydrogens (tertiary/aromatic N) is 3. The fourth-order valence-corrected chi connectivity index (χ4v) is 2.28. The van der Waals surface area contributed by atoms with Crippen LogP contribution in [0.4, 0.5) is 14.5 Å². The van der Waals surface area contributed by atoms with Crippen LogP contribution in [0.1, 0.15) is 16.2 Å². The first-order valence-corrected chi connectivity index (χ1v) is 7.31. The fraction of sp³-hybridized carbons (Fsp3) is 0.0588. The second-order valence-electron chi connectivity index (χ2n) is 5.28. The normalized spacial score (nSPS) is 10.6. The number of ether oxygens (including phenoxy) is 1. The predicted octanol–water partition coefficient (Wildman–Crippen LogP) is 3.63. The number of aromatic nitrogens is 2. The van der Waals surface area contributed by atoms with Gasteiger partial charge >= 0.3 is 5.69 Å². The summed E-state index contributed by atoms with van der Waals surface area (Å²) in [6, 6.07) is 6.68. The molecular weight excluding hydrogens is 348 g/mol. The number of benzene rings is 2. The molecule has 0 aliphatic rings. The molecule has 0 unspecified atom stereocenters. The first-order chi connectivity index (χ1) is 12.4. The quantitative estimate of drug-likeness (QED) is 0.394. The summed E-state index contributed by atoms with van der Waals surface area (Å²) in [6.07, 6.45) is 2.98. The molecule has 0 aliphatic carbocycles. The lowest BCUT2D eigenvalue weighted by atomic mass is 10.1. The van der Waals surface area contributed by atoms with Crippen molar-refractivity contribution < 1.29 is 23.2 Å². The van der Waals surface area contributed by atoms with Gasteiger partial charge in [0.25, 0.3) is 0 Å². The molecule has 0 N–H and O–H groups in total. The first kappa shape index (κ1) is 17.2. The molecule has 1 aromatic heterocycles. The molecule has 26 heavy (non-hydrogen) atoms. The molecule has 0 atom stereocenters. The van der Waals surface area contributed by atoms with E-state index < -0.39 is 33.8 Å². The van der Waals surface area contributed by atoms with E-state index >= 15 is 0 Å². The van der Waals surface area contributed by atoms with E-state index in [1.165, 1.54) is 22.9 Å². The first-order valence-electron chi connectivity index (χ1n) is 7.31. The number of aryl methyl sites for hydroxylation is 1. The Morgan fingerprint density at radius 3 is 2.65 bits per heavy atom. The number of halogens is 2. The maximum atomic E-state index is 13.7. The number of hydrogen-bond acceptors (Lipinski definition) is 5. The van der Waals surface area contributed by atoms with Crippen LogP contribution in [0.5, 0.6) is 11.5 Å². The van der Waals surface area contributed by atoms with E-state index in [0.29, 0.717) is 0 Å². The third kappa shape index (κ3) is 3.14. The number of hydrogen-bond donors (Lipinski definition) is 0. The van der Waals surface area contributed by atoms with Gasteiger partial charge in [0.15, 0.2) is 17.4 Å². The van der Waals surface area contributed by atoms with E-state index in [2.05, 4.69) is 4.98 Å². The fourth-order valence-electron chi connectivity index (χ4n) is 2.28. The topological polar surface area (TPSA) is 87.3 Å². The van der Waals surface area contributed by atoms with Crippen molar-refractivity contribution in [3.63, 3.8) is 0 Å². The van der Waals surface area contributed by atoms with Gasteiger partial charge in [-0.1, -0.05) is 6.07 Å². The zero-order valence-corrected chi connectivity index (χ0v) is 13.3. The second kappa shape index (κ2) is 6.71. The monoisotopic (exact) mass is 359 g/mol. The third-order valence-electron chi connectivity index (χ3n) is 3.58. The number of carbonyl (C=O) groups is 1. The molecule has 7 nitrogen and oxygen atoms in total. The van der Waals surface area contributed by atoms with Crippen LogP contribution < -0.4 is 4.74 Å². The maximum Gasteiger partial charge on any atom is 0.312 e. The Labute approximate surface area is 145 Å². The van der Waals surface area contributed by atoms with Crippen molar-refractivity contribution in [3.8, 4) is 11.5 Å². The summed E-state index contributed by atoms with van der Waals surface area (Å²) >= 11 is 0. The van der Waals surface area contributed by atoms with Gasteiger partial charge in [0.05, 0.1) is 4.92 Å². The second-order valence-corrected chi connectivity index (χ2v) is 5.28. The zero-order valence-electron chi connectivity index (χ0n) is 13.3. The van der Waals surface area contributed by atoms with Crippen molar-refractivity contribution in [2.45, 2.75) is 0 Å². The highest BCUT2D eigenvalue weighted by atomic mass is 19.2. The largest absolute Gasteiger partial charge is 0.447 e. The Bertz CT molecular complexity index is 1020. The summed E-state index contributed by atoms with van der Waals surface area (Å²) in [7, 11) is 1.61. The summed E-state index contributed by atoms with van der Waals surface area (Å²) in [5.74, 6) is -3.66. The number of imidazole rings is 1. The number of rotatable bonds is 5. The van der Waals surface area contributed by atoms with E-state index in [0.717, 1.165) is 24.3 Å². The number of carbonyl (C=O) groups excluding carboxylic acids is 1. The molecule has 0 saturated carbocycles. The Hall–Kier alpha value is -3.62. The lowest BCUT2D eigenvalue weighted by Gasteiger charge is -2.09. The van der Waals surface area contributed by atoms with E-state index in [1.807, 2.05) is 0 Å². The van der Waals surface area contributed by atoms with Crippen molar-refractivity contribution in [2.75, 3.05) is 0 Å². The molecule has 3 aromatic rings. The van der Waals surface area contributed by atoms with Gasteiger partial charge in [0.1, 0.15) is 0 Å². The highest BCUT2D eigenvalue weighted by Crippen LogP contribution is 2.34. The predicted molar refractivity (Wildman–Crippen MR) is 86.2 cm³/mol. The summed E-state index contributed by atoms with van der Waals surface area (Å²) in [6.45, 7) is 0. The van der Waals surface area contributed by atoms with E-state index in [9.17, 15) is 23.7 Å². The molecule has 0 saturated heterocycles. The van der Waals surface area contributed by atoms with Gasteiger partial charge < -0.3 is 9.30 Å². The van der Waals surface area contributed by atoms with Crippen LogP contribution in [0.15, 0.2) is 48.8 Å². The highest BCUT2D eigenvalue weighted by Gasteiger charge is 2.23. The smallest absolute Gasteiger partial charge is 0.312 e. The Morgan fingerprint density at radius 2 is 2.00 bits per heavy atom. The number of ketones is 1. The lowest BCUT2D eigenvalue weighted by Crippen LogP contribution is -2.09. The van der Waals surface area contributed by atoms with Gasteiger partial charge in [0, 0.05) is 31.1 Å². The Morgan fingerprint density at radius 1 is 1.23 bits per heavy atom. The van der Waals surface area contributed by atoms with Crippen LogP contribution in [0, 0.1) is 21.7 Å². The molecule has 2 aromatic carbocycles. The van der Waals surface area contributed by atoms with Crippen molar-refractivity contribution in [3.05, 3.63) is 81.9 Å². The molecule has 0 bridgehead atoms. The zero-order chi connectivity index (χ0) is 18.8. The Balaban J connectivity index is 2.00. The standard InChI is InChI=1S/C17H11F2N3O4/c1-21-8-7-20-17(21)16(23)10-5-6-13(12(9-10)22(24)25)26-14-4-2-3-11(18)15(14)19/h2-9H,1H3. The SMILES string of the molecule is Cn1ccnc1C(=O)c1ccc(Oc2cccc(F)c2F)c([N+](=O)[O-])c1. The molecule has 132 valence electrons. The van der Waals surface area contributed by atoms with Crippen molar-refractivity contribution >= 4 is 11.5 Å². The third-order valence-corrected chi connectivity index (χ3v) is 3.58. The lowest BCUT2D eigenvalue weighted by molar-refractivity contribution is -0.385. The molecule has 0 aliphatic heterocycles. The van der Waals surface area contributed by atoms with Crippen molar-refractivity contribution in [2.24, 2.45) is 7.05 Å². The van der Waals surface area contributed by atoms with Crippen molar-refractivity contribution in [1.29, 1.82) is 0 Å². The molecule has 0 spiro atoms. The summed E-state index contributed by atoms with van der Waals surface area (Å²) < 4.78 is 33.6. The van der Waals surface area contributed by atoms with E-state index in [4.69, 9.17) is 4.74 Å². The van der Waals surface area contributed by atoms with Gasteiger partial charge in [-0.05, 0) is 24.3 Å². The van der Waals surface area contributed by atoms with Gasteiger partial charge in [-0.2, -0.15) is 4.39 Å². The minimum atomic E-state index is -1.27. The maximum absolute atomic E-state index is 13.7. The summed E-state index contributed by atoms with van der Waals surface area (Å²) in [5.41, 5.74) is -0.549. The average Bonchev–Trinajstić information content (AvgIpc) is 3.04. The Kier molecular flexibility index (Phi) is 4.44. The van der Waals surface area contributed by atoms with Crippen LogP contribution in [0.2, 0.25) is 0 Å². The van der Waals surface area contributed by atoms with Crippen LogP contribution in [-0.4, -0.2) is 20.3 Å². The van der Waals surface area contributed by atoms with Gasteiger partial charge in [-0.3, -0.25) is 14.9 Å². The molecule has 0 fully saturated rings. The minimum Gasteiger partial charge on any atom is -0.447 e. The van der Waals surface area contributed by atoms with Crippen LogP contribution >= 0.6 is 0 Å². The molecule has 0 radical (unpaired) electrons. The van der Waals surface area contributed by atoms with Crippen molar-refractivity contribution in [1.82, 2.24) is 9.55 Å². The molecule has 1 heterocycles. The van der Waals surface area contributed by atoms with E-state index in [-0.39, 0.29) is 17.1 Å². The molecule has 9 heteroatoms. The van der Waals surface area contributed by atoms with Crippen LogP contribution in [0.3, 0.4) is 0 Å². The van der Waals surface area contributed by atoms with Crippen LogP contribution in [0.25, 0.3) is 0 Å². The molecule has 0 amide bonds. The minimum absolute atomic E-state index is 0.0121. The number of nitro groups is 1.